The predicted molar refractivity (Wildman–Crippen MR) is 334 cm³/mol. The van der Waals surface area contributed by atoms with Gasteiger partial charge in [-0.05, 0) is 96.0 Å². The number of phosphoric ester groups is 1. The quantitative estimate of drug-likeness (QED) is 0.0212. The Hall–Kier alpha value is -3.07. The summed E-state index contributed by atoms with van der Waals surface area (Å²) in [6.45, 7) is 6.67. The van der Waals surface area contributed by atoms with E-state index in [0.29, 0.717) is 17.4 Å². The van der Waals surface area contributed by atoms with E-state index in [1.165, 1.54) is 135 Å². The first kappa shape index (κ1) is 74.9. The molecule has 0 heterocycles. The molecule has 0 bridgehead atoms. The molecule has 450 valence electrons. The standard InChI is InChI=1S/C68H121N2O7P/c1-7-10-13-16-19-22-25-28-29-30-31-32-33-34-35-36-37-38-39-40-41-43-46-49-52-55-58-61-68(72)77-66(59-56-53-50-47-44-27-24-21-18-15-12-9-3)65(64-76-78(73,74)75-63-62-70(4,5)6)69-67(71)60-57-54-51-48-45-42-26-23-20-17-14-11-8-2/h10,13,19,22,28-29,31-32,34-35,42,45,51,54,56,59,65-66H,7-9,11-12,14-18,20-21,23-27,30,33,36-41,43-44,46-50,52-53,55,57-58,60-64H2,1-6H3,(H-,69,71,73,74)/b13-10-,22-19-,29-28-,32-31-,35-34-,45-42-,54-51+,59-56-. The van der Waals surface area contributed by atoms with E-state index in [1.807, 2.05) is 39.4 Å². The second kappa shape index (κ2) is 57.2. The fourth-order valence-corrected chi connectivity index (χ4v) is 9.56. The highest BCUT2D eigenvalue weighted by Gasteiger charge is 2.27. The molecule has 0 saturated carbocycles. The first-order chi connectivity index (χ1) is 37.9. The third-order valence-corrected chi connectivity index (χ3v) is 14.7. The number of allylic oxidation sites excluding steroid dienone is 15. The van der Waals surface area contributed by atoms with Gasteiger partial charge in [-0.1, -0.05) is 260 Å². The fraction of sp³-hybridized carbons (Fsp3) is 0.735. The summed E-state index contributed by atoms with van der Waals surface area (Å²) in [6, 6.07) is -0.924. The Balaban J connectivity index is 5.12. The van der Waals surface area contributed by atoms with E-state index in [0.717, 1.165) is 96.3 Å². The first-order valence-electron chi connectivity index (χ1n) is 32.0. The van der Waals surface area contributed by atoms with Gasteiger partial charge in [0, 0.05) is 12.8 Å². The predicted octanol–water partition coefficient (Wildman–Crippen LogP) is 19.3. The van der Waals surface area contributed by atoms with Crippen molar-refractivity contribution in [3.63, 3.8) is 0 Å². The van der Waals surface area contributed by atoms with Gasteiger partial charge in [0.2, 0.25) is 5.91 Å². The van der Waals surface area contributed by atoms with Crippen LogP contribution in [0.5, 0.6) is 0 Å². The molecule has 0 saturated heterocycles. The molecule has 78 heavy (non-hydrogen) atoms. The topological polar surface area (TPSA) is 114 Å². The number of carbonyl (C=O) groups excluding carboxylic acids is 2. The number of hydrogen-bond donors (Lipinski definition) is 1. The van der Waals surface area contributed by atoms with E-state index >= 15 is 0 Å². The molecule has 9 nitrogen and oxygen atoms in total. The smallest absolute Gasteiger partial charge is 0.306 e. The third-order valence-electron chi connectivity index (χ3n) is 13.8. The highest BCUT2D eigenvalue weighted by atomic mass is 31.2. The monoisotopic (exact) mass is 1110 g/mol. The first-order valence-corrected chi connectivity index (χ1v) is 33.5. The SMILES string of the molecule is CC/C=C\C/C=C\C/C=C\C/C=C\C/C=C\CCCCCCCCCCCCCC(=O)OC(/C=C\CCCCCCCCCCCC)C(COP(=O)([O-])OCC[N+](C)(C)C)NC(=O)CC/C=C/C/C=C\CCCCCCCC. The number of nitrogens with zero attached hydrogens (tertiary/aromatic N) is 1. The molecule has 0 aliphatic carbocycles. The maximum absolute atomic E-state index is 13.5. The van der Waals surface area contributed by atoms with Crippen molar-refractivity contribution < 1.29 is 37.3 Å². The van der Waals surface area contributed by atoms with Crippen LogP contribution in [-0.4, -0.2) is 69.4 Å². The van der Waals surface area contributed by atoms with E-state index in [-0.39, 0.29) is 31.3 Å². The van der Waals surface area contributed by atoms with E-state index in [1.54, 1.807) is 0 Å². The summed E-state index contributed by atoms with van der Waals surface area (Å²) in [4.78, 5) is 39.9. The number of nitrogens with one attached hydrogen (secondary N) is 1. The van der Waals surface area contributed by atoms with Crippen LogP contribution in [0.3, 0.4) is 0 Å². The van der Waals surface area contributed by atoms with Crippen molar-refractivity contribution >= 4 is 19.7 Å². The lowest BCUT2D eigenvalue weighted by Gasteiger charge is -2.30. The Morgan fingerprint density at radius 3 is 1.26 bits per heavy atom. The molecule has 10 heteroatoms. The van der Waals surface area contributed by atoms with Crippen LogP contribution in [0.2, 0.25) is 0 Å². The Morgan fingerprint density at radius 2 is 0.833 bits per heavy atom. The molecular formula is C68H121N2O7P. The lowest BCUT2D eigenvalue weighted by Crippen LogP contribution is -2.47. The molecule has 0 aromatic carbocycles. The lowest BCUT2D eigenvalue weighted by atomic mass is 10.0. The highest BCUT2D eigenvalue weighted by Crippen LogP contribution is 2.38. The number of ether oxygens (including phenoxy) is 1. The Kier molecular flexibility index (Phi) is 54.9. The molecule has 0 aromatic heterocycles. The van der Waals surface area contributed by atoms with Gasteiger partial charge in [0.25, 0.3) is 7.82 Å². The number of unbranched alkanes of at least 4 members (excludes halogenated alkanes) is 27. The van der Waals surface area contributed by atoms with Gasteiger partial charge in [0.05, 0.1) is 33.8 Å². The van der Waals surface area contributed by atoms with Crippen molar-refractivity contribution in [2.45, 2.75) is 283 Å². The van der Waals surface area contributed by atoms with Gasteiger partial charge in [-0.3, -0.25) is 14.2 Å². The van der Waals surface area contributed by atoms with Crippen LogP contribution in [0.4, 0.5) is 0 Å². The summed E-state index contributed by atoms with van der Waals surface area (Å²) in [5, 5.41) is 2.98. The summed E-state index contributed by atoms with van der Waals surface area (Å²) in [6.07, 6.45) is 76.9. The molecule has 0 spiro atoms. The van der Waals surface area contributed by atoms with Gasteiger partial charge < -0.3 is 28.5 Å². The highest BCUT2D eigenvalue weighted by molar-refractivity contribution is 7.45. The normalized spacial score (nSPS) is 14.3. The van der Waals surface area contributed by atoms with Crippen molar-refractivity contribution in [1.29, 1.82) is 0 Å². The zero-order valence-corrected chi connectivity index (χ0v) is 52.2. The summed E-state index contributed by atoms with van der Waals surface area (Å²) >= 11 is 0. The minimum Gasteiger partial charge on any atom is -0.756 e. The van der Waals surface area contributed by atoms with Gasteiger partial charge in [-0.2, -0.15) is 0 Å². The molecule has 1 N–H and O–H groups in total. The maximum atomic E-state index is 13.5. The van der Waals surface area contributed by atoms with Crippen molar-refractivity contribution in [1.82, 2.24) is 5.32 Å². The molecule has 3 atom stereocenters. The molecule has 0 radical (unpaired) electrons. The van der Waals surface area contributed by atoms with E-state index < -0.39 is 26.6 Å². The summed E-state index contributed by atoms with van der Waals surface area (Å²) in [5.74, 6) is -0.624. The Morgan fingerprint density at radius 1 is 0.462 bits per heavy atom. The number of esters is 1. The Bertz CT molecular complexity index is 1660. The summed E-state index contributed by atoms with van der Waals surface area (Å²) < 4.78 is 30.3. The van der Waals surface area contributed by atoms with Gasteiger partial charge >= 0.3 is 5.97 Å². The average Bonchev–Trinajstić information content (AvgIpc) is 3.40. The van der Waals surface area contributed by atoms with Crippen molar-refractivity contribution in [3.8, 4) is 0 Å². The van der Waals surface area contributed by atoms with Gasteiger partial charge in [0.15, 0.2) is 0 Å². The number of hydrogen-bond acceptors (Lipinski definition) is 7. The second-order valence-corrected chi connectivity index (χ2v) is 23.9. The van der Waals surface area contributed by atoms with Crippen LogP contribution < -0.4 is 10.2 Å². The number of quaternary nitrogens is 1. The average molecular weight is 1110 g/mol. The van der Waals surface area contributed by atoms with Crippen LogP contribution in [0.25, 0.3) is 0 Å². The zero-order valence-electron chi connectivity index (χ0n) is 51.3. The van der Waals surface area contributed by atoms with Crippen molar-refractivity contribution in [2.75, 3.05) is 40.9 Å². The minimum absolute atomic E-state index is 0.0352. The minimum atomic E-state index is -4.72. The number of rotatable bonds is 57. The molecule has 0 aliphatic rings. The molecule has 0 aromatic rings. The van der Waals surface area contributed by atoms with Crippen LogP contribution >= 0.6 is 7.82 Å². The van der Waals surface area contributed by atoms with E-state index in [9.17, 15) is 19.0 Å². The Labute approximate surface area is 481 Å². The van der Waals surface area contributed by atoms with Crippen molar-refractivity contribution in [2.24, 2.45) is 0 Å². The molecule has 0 fully saturated rings. The number of carbonyl (C=O) groups is 2. The number of likely N-dealkylation sites (N-methyl/N-ethyl adjacent to an activating group) is 1. The van der Waals surface area contributed by atoms with Gasteiger partial charge in [0.1, 0.15) is 19.3 Å². The molecule has 1 amide bonds. The van der Waals surface area contributed by atoms with E-state index in [4.69, 9.17) is 13.8 Å². The van der Waals surface area contributed by atoms with Crippen molar-refractivity contribution in [3.05, 3.63) is 97.2 Å². The molecule has 0 aliphatic heterocycles. The largest absolute Gasteiger partial charge is 0.756 e. The van der Waals surface area contributed by atoms with Crippen LogP contribution in [0, 0.1) is 0 Å². The van der Waals surface area contributed by atoms with Crippen LogP contribution in [0.1, 0.15) is 271 Å². The maximum Gasteiger partial charge on any atom is 0.306 e. The lowest BCUT2D eigenvalue weighted by molar-refractivity contribution is -0.870. The summed E-state index contributed by atoms with van der Waals surface area (Å²) in [5.41, 5.74) is 0. The van der Waals surface area contributed by atoms with Gasteiger partial charge in [-0.15, -0.1) is 0 Å². The third kappa shape index (κ3) is 57.6. The molecule has 3 unspecified atom stereocenters. The number of amides is 1. The van der Waals surface area contributed by atoms with Gasteiger partial charge in [-0.25, -0.2) is 0 Å². The fourth-order valence-electron chi connectivity index (χ4n) is 8.83. The van der Waals surface area contributed by atoms with E-state index in [2.05, 4.69) is 105 Å². The second-order valence-electron chi connectivity index (χ2n) is 22.5. The van der Waals surface area contributed by atoms with Crippen LogP contribution in [0.15, 0.2) is 97.2 Å². The van der Waals surface area contributed by atoms with Crippen LogP contribution in [-0.2, 0) is 27.9 Å². The summed E-state index contributed by atoms with van der Waals surface area (Å²) in [7, 11) is 1.15. The molecule has 0 rings (SSSR count). The molecular weight excluding hydrogens is 988 g/mol. The zero-order chi connectivity index (χ0) is 57.2. The number of phosphoric acid groups is 1.